The van der Waals surface area contributed by atoms with Crippen LogP contribution in [-0.4, -0.2) is 18.0 Å². The molecular formula is C14H22N2OS. The summed E-state index contributed by atoms with van der Waals surface area (Å²) >= 11 is 1.90. The highest BCUT2D eigenvalue weighted by Gasteiger charge is 2.16. The van der Waals surface area contributed by atoms with E-state index in [0.29, 0.717) is 0 Å². The molecule has 2 rings (SSSR count). The molecule has 1 aromatic rings. The molecule has 100 valence electrons. The van der Waals surface area contributed by atoms with Gasteiger partial charge < -0.3 is 10.6 Å². The van der Waals surface area contributed by atoms with Crippen molar-refractivity contribution < 1.29 is 4.79 Å². The fraction of sp³-hybridized carbons (Fsp3) is 0.643. The van der Waals surface area contributed by atoms with E-state index >= 15 is 0 Å². The molecule has 1 aliphatic carbocycles. The van der Waals surface area contributed by atoms with E-state index in [1.165, 1.54) is 29.7 Å². The molecule has 1 amide bonds. The molecular weight excluding hydrogens is 244 g/mol. The molecule has 1 aromatic heterocycles. The van der Waals surface area contributed by atoms with E-state index in [0.717, 1.165) is 6.54 Å². The zero-order valence-corrected chi connectivity index (χ0v) is 12.2. The SMILES string of the molecule is CC(C)NC(=O)C(C)NCc1cc2c(s1)CCC2. The number of hydrogen-bond donors (Lipinski definition) is 2. The molecule has 18 heavy (non-hydrogen) atoms. The van der Waals surface area contributed by atoms with Gasteiger partial charge in [-0.3, -0.25) is 4.79 Å². The first-order chi connectivity index (χ1) is 8.56. The van der Waals surface area contributed by atoms with E-state index in [1.54, 1.807) is 4.88 Å². The molecule has 1 aliphatic rings. The summed E-state index contributed by atoms with van der Waals surface area (Å²) in [6, 6.07) is 2.37. The quantitative estimate of drug-likeness (QED) is 0.858. The second-order valence-electron chi connectivity index (χ2n) is 5.28. The van der Waals surface area contributed by atoms with Gasteiger partial charge in [-0.15, -0.1) is 11.3 Å². The predicted molar refractivity (Wildman–Crippen MR) is 75.9 cm³/mol. The molecule has 1 heterocycles. The van der Waals surface area contributed by atoms with Crippen LogP contribution < -0.4 is 10.6 Å². The van der Waals surface area contributed by atoms with Gasteiger partial charge in [0.15, 0.2) is 0 Å². The van der Waals surface area contributed by atoms with Gasteiger partial charge in [0.1, 0.15) is 0 Å². The first-order valence-electron chi connectivity index (χ1n) is 6.70. The Bertz CT molecular complexity index is 404. The Morgan fingerprint density at radius 1 is 1.39 bits per heavy atom. The third kappa shape index (κ3) is 3.33. The number of thiophene rings is 1. The highest BCUT2D eigenvalue weighted by atomic mass is 32.1. The summed E-state index contributed by atoms with van der Waals surface area (Å²) in [4.78, 5) is 14.6. The lowest BCUT2D eigenvalue weighted by atomic mass is 10.2. The normalized spacial score (nSPS) is 15.8. The maximum absolute atomic E-state index is 11.7. The van der Waals surface area contributed by atoms with Gasteiger partial charge in [-0.2, -0.15) is 0 Å². The largest absolute Gasteiger partial charge is 0.353 e. The van der Waals surface area contributed by atoms with Crippen molar-refractivity contribution in [1.82, 2.24) is 10.6 Å². The Balaban J connectivity index is 1.81. The lowest BCUT2D eigenvalue weighted by Crippen LogP contribution is -2.44. The number of carbonyl (C=O) groups is 1. The van der Waals surface area contributed by atoms with Gasteiger partial charge in [0.2, 0.25) is 5.91 Å². The van der Waals surface area contributed by atoms with E-state index in [1.807, 2.05) is 32.1 Å². The van der Waals surface area contributed by atoms with E-state index < -0.39 is 0 Å². The highest BCUT2D eigenvalue weighted by Crippen LogP contribution is 2.30. The minimum Gasteiger partial charge on any atom is -0.353 e. The number of carbonyl (C=O) groups excluding carboxylic acids is 1. The second-order valence-corrected chi connectivity index (χ2v) is 6.50. The van der Waals surface area contributed by atoms with E-state index in [9.17, 15) is 4.79 Å². The van der Waals surface area contributed by atoms with Crippen molar-refractivity contribution in [3.63, 3.8) is 0 Å². The third-order valence-corrected chi connectivity index (χ3v) is 4.44. The molecule has 0 fully saturated rings. The van der Waals surface area contributed by atoms with Crippen LogP contribution in [0.5, 0.6) is 0 Å². The Kier molecular flexibility index (Phi) is 4.40. The van der Waals surface area contributed by atoms with Gasteiger partial charge in [0.25, 0.3) is 0 Å². The molecule has 1 unspecified atom stereocenters. The van der Waals surface area contributed by atoms with E-state index in [-0.39, 0.29) is 18.0 Å². The number of amides is 1. The van der Waals surface area contributed by atoms with Gasteiger partial charge in [0.05, 0.1) is 6.04 Å². The lowest BCUT2D eigenvalue weighted by molar-refractivity contribution is -0.123. The molecule has 0 spiro atoms. The predicted octanol–water partition coefficient (Wildman–Crippen LogP) is 2.24. The number of aryl methyl sites for hydroxylation is 2. The Morgan fingerprint density at radius 3 is 2.83 bits per heavy atom. The first kappa shape index (κ1) is 13.6. The maximum atomic E-state index is 11.7. The van der Waals surface area contributed by atoms with Crippen LogP contribution in [0.2, 0.25) is 0 Å². The fourth-order valence-corrected chi connectivity index (χ4v) is 3.45. The summed E-state index contributed by atoms with van der Waals surface area (Å²) in [6.07, 6.45) is 3.78. The van der Waals surface area contributed by atoms with E-state index in [2.05, 4.69) is 16.7 Å². The molecule has 1 atom stereocenters. The van der Waals surface area contributed by atoms with Crippen LogP contribution >= 0.6 is 11.3 Å². The van der Waals surface area contributed by atoms with Crippen molar-refractivity contribution in [2.24, 2.45) is 0 Å². The van der Waals surface area contributed by atoms with Crippen LogP contribution in [0, 0.1) is 0 Å². The van der Waals surface area contributed by atoms with Crippen LogP contribution in [0.3, 0.4) is 0 Å². The second kappa shape index (κ2) is 5.85. The molecule has 0 saturated carbocycles. The average Bonchev–Trinajstić information content (AvgIpc) is 2.84. The molecule has 0 aromatic carbocycles. The van der Waals surface area contributed by atoms with Crippen molar-refractivity contribution in [3.8, 4) is 0 Å². The number of hydrogen-bond acceptors (Lipinski definition) is 3. The Morgan fingerprint density at radius 2 is 2.17 bits per heavy atom. The summed E-state index contributed by atoms with van der Waals surface area (Å²) in [6.45, 7) is 6.67. The average molecular weight is 266 g/mol. The van der Waals surface area contributed by atoms with Crippen LogP contribution in [0.1, 0.15) is 42.5 Å². The highest BCUT2D eigenvalue weighted by molar-refractivity contribution is 7.12. The van der Waals surface area contributed by atoms with Gasteiger partial charge in [-0.1, -0.05) is 0 Å². The summed E-state index contributed by atoms with van der Waals surface area (Å²) in [5, 5.41) is 6.21. The molecule has 0 aliphatic heterocycles. The minimum absolute atomic E-state index is 0.0779. The van der Waals surface area contributed by atoms with Gasteiger partial charge in [-0.05, 0) is 51.7 Å². The van der Waals surface area contributed by atoms with Crippen molar-refractivity contribution >= 4 is 17.2 Å². The van der Waals surface area contributed by atoms with Gasteiger partial charge >= 0.3 is 0 Å². The summed E-state index contributed by atoms with van der Waals surface area (Å²) in [7, 11) is 0. The Hall–Kier alpha value is -0.870. The molecule has 0 saturated heterocycles. The minimum atomic E-state index is -0.135. The van der Waals surface area contributed by atoms with Crippen molar-refractivity contribution in [2.75, 3.05) is 0 Å². The van der Waals surface area contributed by atoms with Crippen molar-refractivity contribution in [2.45, 2.75) is 58.7 Å². The maximum Gasteiger partial charge on any atom is 0.237 e. The van der Waals surface area contributed by atoms with Crippen LogP contribution in [-0.2, 0) is 24.2 Å². The topological polar surface area (TPSA) is 41.1 Å². The smallest absolute Gasteiger partial charge is 0.237 e. The molecule has 0 radical (unpaired) electrons. The molecule has 0 bridgehead atoms. The van der Waals surface area contributed by atoms with Crippen LogP contribution in [0.25, 0.3) is 0 Å². The van der Waals surface area contributed by atoms with Crippen molar-refractivity contribution in [1.29, 1.82) is 0 Å². The van der Waals surface area contributed by atoms with E-state index in [4.69, 9.17) is 0 Å². The zero-order chi connectivity index (χ0) is 13.1. The summed E-state index contributed by atoms with van der Waals surface area (Å²) in [5.74, 6) is 0.0779. The number of rotatable bonds is 5. The molecule has 4 heteroatoms. The van der Waals surface area contributed by atoms with Crippen LogP contribution in [0.15, 0.2) is 6.07 Å². The molecule has 3 nitrogen and oxygen atoms in total. The summed E-state index contributed by atoms with van der Waals surface area (Å²) < 4.78 is 0. The standard InChI is InChI=1S/C14H22N2OS/c1-9(2)16-14(17)10(3)15-8-12-7-11-5-4-6-13(11)18-12/h7,9-10,15H,4-6,8H2,1-3H3,(H,16,17). The third-order valence-electron chi connectivity index (χ3n) is 3.20. The number of nitrogens with one attached hydrogen (secondary N) is 2. The Labute approximate surface area is 113 Å². The zero-order valence-electron chi connectivity index (χ0n) is 11.4. The molecule has 2 N–H and O–H groups in total. The monoisotopic (exact) mass is 266 g/mol. The lowest BCUT2D eigenvalue weighted by Gasteiger charge is -2.15. The van der Waals surface area contributed by atoms with Crippen LogP contribution in [0.4, 0.5) is 0 Å². The first-order valence-corrected chi connectivity index (χ1v) is 7.52. The van der Waals surface area contributed by atoms with Gasteiger partial charge in [0, 0.05) is 22.3 Å². The fourth-order valence-electron chi connectivity index (χ4n) is 2.23. The van der Waals surface area contributed by atoms with Gasteiger partial charge in [-0.25, -0.2) is 0 Å². The van der Waals surface area contributed by atoms with Crippen molar-refractivity contribution in [3.05, 3.63) is 21.4 Å². The summed E-state index contributed by atoms with van der Waals surface area (Å²) in [5.41, 5.74) is 1.52. The number of fused-ring (bicyclic) bond motifs is 1.